The molecule has 5 heteroatoms. The summed E-state index contributed by atoms with van der Waals surface area (Å²) >= 11 is 0. The van der Waals surface area contributed by atoms with Crippen LogP contribution in [-0.2, 0) is 9.59 Å². The van der Waals surface area contributed by atoms with Gasteiger partial charge in [-0.25, -0.2) is 0 Å². The number of nitrogens with two attached hydrogens (primary N) is 1. The monoisotopic (exact) mass is 229 g/mol. The third-order valence-corrected chi connectivity index (χ3v) is 2.43. The molecule has 0 aliphatic rings. The molecule has 1 unspecified atom stereocenters. The van der Waals surface area contributed by atoms with E-state index in [0.29, 0.717) is 19.5 Å². The van der Waals surface area contributed by atoms with E-state index in [1.807, 2.05) is 6.92 Å². The minimum Gasteiger partial charge on any atom is -0.355 e. The van der Waals surface area contributed by atoms with E-state index >= 15 is 0 Å². The molecule has 0 aromatic heterocycles. The molecule has 0 aromatic carbocycles. The number of nitrogens with zero attached hydrogens (tertiary/aromatic N) is 1. The molecule has 94 valence electrons. The molecule has 2 amide bonds. The summed E-state index contributed by atoms with van der Waals surface area (Å²) in [5.74, 6) is -0.00655. The molecule has 0 rings (SSSR count). The van der Waals surface area contributed by atoms with E-state index in [-0.39, 0.29) is 17.7 Å². The van der Waals surface area contributed by atoms with Crippen molar-refractivity contribution in [1.82, 2.24) is 10.2 Å². The standard InChI is InChI=1S/C11H23N3O2/c1-9(5-4-7-12)11(16)13-8-6-10(15)14(2)3/h9H,4-8,12H2,1-3H3,(H,13,16). The van der Waals surface area contributed by atoms with Crippen molar-refractivity contribution < 1.29 is 9.59 Å². The van der Waals surface area contributed by atoms with Crippen molar-refractivity contribution >= 4 is 11.8 Å². The highest BCUT2D eigenvalue weighted by Crippen LogP contribution is 2.04. The Morgan fingerprint density at radius 2 is 2.00 bits per heavy atom. The predicted octanol–water partition coefficient (Wildman–Crippen LogP) is -0.0441. The van der Waals surface area contributed by atoms with Crippen molar-refractivity contribution in [2.24, 2.45) is 11.7 Å². The highest BCUT2D eigenvalue weighted by atomic mass is 16.2. The Morgan fingerprint density at radius 3 is 2.50 bits per heavy atom. The van der Waals surface area contributed by atoms with Crippen molar-refractivity contribution in [2.75, 3.05) is 27.2 Å². The maximum atomic E-state index is 11.5. The molecule has 16 heavy (non-hydrogen) atoms. The van der Waals surface area contributed by atoms with Gasteiger partial charge in [0, 0.05) is 33.0 Å². The molecule has 3 N–H and O–H groups in total. The van der Waals surface area contributed by atoms with Crippen molar-refractivity contribution in [3.63, 3.8) is 0 Å². The van der Waals surface area contributed by atoms with Crippen LogP contribution >= 0.6 is 0 Å². The fraction of sp³-hybridized carbons (Fsp3) is 0.818. The van der Waals surface area contributed by atoms with Crippen molar-refractivity contribution in [3.05, 3.63) is 0 Å². The number of amides is 2. The summed E-state index contributed by atoms with van der Waals surface area (Å²) in [4.78, 5) is 24.3. The molecule has 5 nitrogen and oxygen atoms in total. The van der Waals surface area contributed by atoms with Crippen molar-refractivity contribution in [1.29, 1.82) is 0 Å². The predicted molar refractivity (Wildman–Crippen MR) is 63.8 cm³/mol. The van der Waals surface area contributed by atoms with E-state index in [2.05, 4.69) is 5.32 Å². The SMILES string of the molecule is CC(CCCN)C(=O)NCCC(=O)N(C)C. The van der Waals surface area contributed by atoms with Gasteiger partial charge in [-0.15, -0.1) is 0 Å². The molecule has 0 aromatic rings. The minimum atomic E-state index is -0.0296. The van der Waals surface area contributed by atoms with Crippen LogP contribution in [0.1, 0.15) is 26.2 Å². The second kappa shape index (κ2) is 8.10. The molecule has 0 radical (unpaired) electrons. The lowest BCUT2D eigenvalue weighted by molar-refractivity contribution is -0.129. The first kappa shape index (κ1) is 14.9. The van der Waals surface area contributed by atoms with Crippen LogP contribution in [0.4, 0.5) is 0 Å². The van der Waals surface area contributed by atoms with Gasteiger partial charge in [0.1, 0.15) is 0 Å². The first-order valence-electron chi connectivity index (χ1n) is 5.67. The Balaban J connectivity index is 3.68. The maximum absolute atomic E-state index is 11.5. The Morgan fingerprint density at radius 1 is 1.38 bits per heavy atom. The molecule has 0 saturated carbocycles. The number of carbonyl (C=O) groups excluding carboxylic acids is 2. The fourth-order valence-corrected chi connectivity index (χ4v) is 1.25. The summed E-state index contributed by atoms with van der Waals surface area (Å²) in [5.41, 5.74) is 5.37. The molecule has 0 fully saturated rings. The van der Waals surface area contributed by atoms with Gasteiger partial charge in [0.2, 0.25) is 11.8 Å². The van der Waals surface area contributed by atoms with Gasteiger partial charge in [0.25, 0.3) is 0 Å². The number of hydrogen-bond acceptors (Lipinski definition) is 3. The molecule has 0 heterocycles. The number of nitrogens with one attached hydrogen (secondary N) is 1. The summed E-state index contributed by atoms with van der Waals surface area (Å²) in [6.45, 7) is 2.89. The van der Waals surface area contributed by atoms with Crippen LogP contribution in [0.5, 0.6) is 0 Å². The average Bonchev–Trinajstić information content (AvgIpc) is 2.25. The first-order valence-corrected chi connectivity index (χ1v) is 5.67. The summed E-state index contributed by atoms with van der Waals surface area (Å²) < 4.78 is 0. The van der Waals surface area contributed by atoms with Crippen LogP contribution in [0.15, 0.2) is 0 Å². The summed E-state index contributed by atoms with van der Waals surface area (Å²) in [5, 5.41) is 2.75. The van der Waals surface area contributed by atoms with E-state index < -0.39 is 0 Å². The van der Waals surface area contributed by atoms with Crippen LogP contribution in [0.25, 0.3) is 0 Å². The van der Waals surface area contributed by atoms with Gasteiger partial charge in [-0.1, -0.05) is 6.92 Å². The average molecular weight is 229 g/mol. The maximum Gasteiger partial charge on any atom is 0.223 e. The van der Waals surface area contributed by atoms with E-state index in [9.17, 15) is 9.59 Å². The van der Waals surface area contributed by atoms with Crippen LogP contribution in [0, 0.1) is 5.92 Å². The van der Waals surface area contributed by atoms with Crippen LogP contribution in [0.2, 0.25) is 0 Å². The lowest BCUT2D eigenvalue weighted by Crippen LogP contribution is -2.33. The molecule has 0 aliphatic carbocycles. The van der Waals surface area contributed by atoms with E-state index in [1.165, 1.54) is 4.90 Å². The Hall–Kier alpha value is -1.10. The number of rotatable bonds is 7. The smallest absolute Gasteiger partial charge is 0.223 e. The fourth-order valence-electron chi connectivity index (χ4n) is 1.25. The van der Waals surface area contributed by atoms with Gasteiger partial charge in [0.05, 0.1) is 0 Å². The second-order valence-electron chi connectivity index (χ2n) is 4.16. The number of carbonyl (C=O) groups is 2. The van der Waals surface area contributed by atoms with E-state index in [0.717, 1.165) is 12.8 Å². The summed E-state index contributed by atoms with van der Waals surface area (Å²) in [6.07, 6.45) is 2.00. The third-order valence-electron chi connectivity index (χ3n) is 2.43. The Labute approximate surface area is 97.4 Å². The molecular weight excluding hydrogens is 206 g/mol. The zero-order chi connectivity index (χ0) is 12.6. The molecule has 0 aliphatic heterocycles. The quantitative estimate of drug-likeness (QED) is 0.643. The highest BCUT2D eigenvalue weighted by molar-refractivity contribution is 5.80. The number of hydrogen-bond donors (Lipinski definition) is 2. The topological polar surface area (TPSA) is 75.4 Å². The molecular formula is C11H23N3O2. The molecule has 0 saturated heterocycles. The summed E-state index contributed by atoms with van der Waals surface area (Å²) in [6, 6.07) is 0. The molecule has 0 bridgehead atoms. The normalized spacial score (nSPS) is 12.0. The van der Waals surface area contributed by atoms with Crippen molar-refractivity contribution in [3.8, 4) is 0 Å². The largest absolute Gasteiger partial charge is 0.355 e. The zero-order valence-corrected chi connectivity index (χ0v) is 10.5. The molecule has 0 spiro atoms. The molecule has 1 atom stereocenters. The van der Waals surface area contributed by atoms with Crippen LogP contribution < -0.4 is 11.1 Å². The van der Waals surface area contributed by atoms with Gasteiger partial charge in [-0.05, 0) is 19.4 Å². The Bertz CT molecular complexity index is 229. The van der Waals surface area contributed by atoms with Gasteiger partial charge in [0.15, 0.2) is 0 Å². The van der Waals surface area contributed by atoms with Crippen LogP contribution in [0.3, 0.4) is 0 Å². The van der Waals surface area contributed by atoms with Gasteiger partial charge in [-0.3, -0.25) is 9.59 Å². The second-order valence-corrected chi connectivity index (χ2v) is 4.16. The lowest BCUT2D eigenvalue weighted by atomic mass is 10.1. The van der Waals surface area contributed by atoms with Crippen molar-refractivity contribution in [2.45, 2.75) is 26.2 Å². The van der Waals surface area contributed by atoms with Gasteiger partial charge in [-0.2, -0.15) is 0 Å². The van der Waals surface area contributed by atoms with E-state index in [1.54, 1.807) is 14.1 Å². The third kappa shape index (κ3) is 6.40. The van der Waals surface area contributed by atoms with Crippen LogP contribution in [-0.4, -0.2) is 43.9 Å². The summed E-state index contributed by atoms with van der Waals surface area (Å²) in [7, 11) is 3.40. The highest BCUT2D eigenvalue weighted by Gasteiger charge is 2.12. The van der Waals surface area contributed by atoms with E-state index in [4.69, 9.17) is 5.73 Å². The zero-order valence-electron chi connectivity index (χ0n) is 10.5. The Kier molecular flexibility index (Phi) is 7.54. The minimum absolute atomic E-state index is 0.00000567. The van der Waals surface area contributed by atoms with Gasteiger partial charge < -0.3 is 16.0 Å². The lowest BCUT2D eigenvalue weighted by Gasteiger charge is -2.13. The first-order chi connectivity index (χ1) is 7.49. The van der Waals surface area contributed by atoms with Gasteiger partial charge >= 0.3 is 0 Å².